The number of imidazole rings is 1. The average Bonchev–Trinajstić information content (AvgIpc) is 2.88. The molecule has 0 atom stereocenters. The molecule has 2 heterocycles. The maximum atomic E-state index is 5.91. The van der Waals surface area contributed by atoms with Crippen LogP contribution >= 0.6 is 11.6 Å². The maximum Gasteiger partial charge on any atom is 0.204 e. The third kappa shape index (κ3) is 3.22. The van der Waals surface area contributed by atoms with Crippen LogP contribution < -0.4 is 5.32 Å². The van der Waals surface area contributed by atoms with Crippen LogP contribution in [0.4, 0.5) is 5.95 Å². The summed E-state index contributed by atoms with van der Waals surface area (Å²) in [5, 5.41) is 4.09. The SMILES string of the molecule is CCCCNc1nc2ccccc2n1Cc1ccc(Cl)cn1. The van der Waals surface area contributed by atoms with Crippen LogP contribution in [0.5, 0.6) is 0 Å². The molecule has 0 aliphatic heterocycles. The second kappa shape index (κ2) is 6.79. The van der Waals surface area contributed by atoms with E-state index < -0.39 is 0 Å². The van der Waals surface area contributed by atoms with Crippen molar-refractivity contribution >= 4 is 28.6 Å². The Hall–Kier alpha value is -2.07. The molecule has 0 spiro atoms. The molecule has 0 fully saturated rings. The Morgan fingerprint density at radius 2 is 2.05 bits per heavy atom. The van der Waals surface area contributed by atoms with E-state index in [-0.39, 0.29) is 0 Å². The highest BCUT2D eigenvalue weighted by Crippen LogP contribution is 2.21. The lowest BCUT2D eigenvalue weighted by molar-refractivity contribution is 0.776. The fourth-order valence-electron chi connectivity index (χ4n) is 2.41. The van der Waals surface area contributed by atoms with Gasteiger partial charge in [0.15, 0.2) is 0 Å². The number of anilines is 1. The molecule has 1 N–H and O–H groups in total. The molecule has 3 rings (SSSR count). The fourth-order valence-corrected chi connectivity index (χ4v) is 2.52. The molecular formula is C17H19ClN4. The van der Waals surface area contributed by atoms with Crippen molar-refractivity contribution in [2.75, 3.05) is 11.9 Å². The van der Waals surface area contributed by atoms with Crippen molar-refractivity contribution in [2.24, 2.45) is 0 Å². The number of nitrogens with zero attached hydrogens (tertiary/aromatic N) is 3. The predicted octanol–water partition coefficient (Wildman–Crippen LogP) is 4.35. The molecule has 2 aromatic heterocycles. The summed E-state index contributed by atoms with van der Waals surface area (Å²) in [5.41, 5.74) is 3.07. The molecule has 4 nitrogen and oxygen atoms in total. The van der Waals surface area contributed by atoms with Crippen LogP contribution in [-0.4, -0.2) is 21.1 Å². The molecule has 0 radical (unpaired) electrons. The van der Waals surface area contributed by atoms with Gasteiger partial charge in [0.2, 0.25) is 5.95 Å². The lowest BCUT2D eigenvalue weighted by Gasteiger charge is -2.10. The van der Waals surface area contributed by atoms with E-state index in [1.54, 1.807) is 6.20 Å². The van der Waals surface area contributed by atoms with E-state index >= 15 is 0 Å². The number of hydrogen-bond acceptors (Lipinski definition) is 3. The number of para-hydroxylation sites is 2. The van der Waals surface area contributed by atoms with Gasteiger partial charge in [0.25, 0.3) is 0 Å². The summed E-state index contributed by atoms with van der Waals surface area (Å²) < 4.78 is 2.17. The first-order valence-corrected chi connectivity index (χ1v) is 7.95. The van der Waals surface area contributed by atoms with E-state index in [2.05, 4.69) is 27.9 Å². The quantitative estimate of drug-likeness (QED) is 0.688. The summed E-state index contributed by atoms with van der Waals surface area (Å²) in [6, 6.07) is 12.0. The summed E-state index contributed by atoms with van der Waals surface area (Å²) in [5.74, 6) is 0.895. The summed E-state index contributed by atoms with van der Waals surface area (Å²) >= 11 is 5.91. The Bertz CT molecular complexity index is 749. The van der Waals surface area contributed by atoms with Crippen molar-refractivity contribution in [3.63, 3.8) is 0 Å². The van der Waals surface area contributed by atoms with E-state index in [1.807, 2.05) is 30.3 Å². The third-order valence-corrected chi connectivity index (χ3v) is 3.80. The van der Waals surface area contributed by atoms with Gasteiger partial charge in [0.1, 0.15) is 0 Å². The molecule has 0 bridgehead atoms. The van der Waals surface area contributed by atoms with E-state index in [9.17, 15) is 0 Å². The van der Waals surface area contributed by atoms with E-state index in [1.165, 1.54) is 0 Å². The molecule has 0 saturated carbocycles. The van der Waals surface area contributed by atoms with Crippen LogP contribution in [-0.2, 0) is 6.54 Å². The van der Waals surface area contributed by atoms with Crippen molar-refractivity contribution in [3.8, 4) is 0 Å². The number of pyridine rings is 1. The molecule has 0 unspecified atom stereocenters. The standard InChI is InChI=1S/C17H19ClN4/c1-2-3-10-19-17-21-15-6-4-5-7-16(15)22(17)12-14-9-8-13(18)11-20-14/h4-9,11H,2-3,10,12H2,1H3,(H,19,21). The molecule has 3 aromatic rings. The number of unbranched alkanes of at least 4 members (excludes halogenated alkanes) is 1. The minimum atomic E-state index is 0.653. The van der Waals surface area contributed by atoms with Crippen molar-refractivity contribution < 1.29 is 0 Å². The number of fused-ring (bicyclic) bond motifs is 1. The topological polar surface area (TPSA) is 42.7 Å². The second-order valence-corrected chi connectivity index (χ2v) is 5.69. The van der Waals surface area contributed by atoms with Crippen LogP contribution in [0.3, 0.4) is 0 Å². The van der Waals surface area contributed by atoms with Gasteiger partial charge in [-0.2, -0.15) is 0 Å². The summed E-state index contributed by atoms with van der Waals surface area (Å²) in [7, 11) is 0. The number of rotatable bonds is 6. The highest BCUT2D eigenvalue weighted by atomic mass is 35.5. The molecule has 0 amide bonds. The van der Waals surface area contributed by atoms with Gasteiger partial charge in [0.05, 0.1) is 28.3 Å². The van der Waals surface area contributed by atoms with E-state index in [0.29, 0.717) is 11.6 Å². The highest BCUT2D eigenvalue weighted by Gasteiger charge is 2.10. The van der Waals surface area contributed by atoms with Crippen LogP contribution in [0, 0.1) is 0 Å². The Morgan fingerprint density at radius 3 is 2.82 bits per heavy atom. The first-order valence-electron chi connectivity index (χ1n) is 7.57. The summed E-state index contributed by atoms with van der Waals surface area (Å²) in [4.78, 5) is 9.09. The van der Waals surface area contributed by atoms with E-state index in [0.717, 1.165) is 42.1 Å². The molecule has 1 aromatic carbocycles. The molecule has 22 heavy (non-hydrogen) atoms. The average molecular weight is 315 g/mol. The van der Waals surface area contributed by atoms with Crippen LogP contribution in [0.15, 0.2) is 42.6 Å². The molecule has 114 valence electrons. The summed E-state index contributed by atoms with van der Waals surface area (Å²) in [6.07, 6.45) is 3.97. The van der Waals surface area contributed by atoms with Crippen molar-refractivity contribution in [1.29, 1.82) is 0 Å². The Labute approximate surface area is 135 Å². The molecule has 0 saturated heterocycles. The zero-order valence-corrected chi connectivity index (χ0v) is 13.3. The van der Waals surface area contributed by atoms with Crippen LogP contribution in [0.2, 0.25) is 5.02 Å². The molecular weight excluding hydrogens is 296 g/mol. The van der Waals surface area contributed by atoms with Gasteiger partial charge in [-0.15, -0.1) is 0 Å². The Kier molecular flexibility index (Phi) is 4.59. The number of benzene rings is 1. The van der Waals surface area contributed by atoms with Gasteiger partial charge in [0, 0.05) is 12.7 Å². The highest BCUT2D eigenvalue weighted by molar-refractivity contribution is 6.30. The van der Waals surface area contributed by atoms with Gasteiger partial charge < -0.3 is 9.88 Å². The van der Waals surface area contributed by atoms with Crippen molar-refractivity contribution in [1.82, 2.24) is 14.5 Å². The lowest BCUT2D eigenvalue weighted by Crippen LogP contribution is -2.10. The van der Waals surface area contributed by atoms with Gasteiger partial charge in [-0.05, 0) is 30.7 Å². The first-order chi connectivity index (χ1) is 10.8. The number of hydrogen-bond donors (Lipinski definition) is 1. The van der Waals surface area contributed by atoms with Crippen molar-refractivity contribution in [2.45, 2.75) is 26.3 Å². The van der Waals surface area contributed by atoms with Crippen molar-refractivity contribution in [3.05, 3.63) is 53.3 Å². The van der Waals surface area contributed by atoms with E-state index in [4.69, 9.17) is 16.6 Å². The number of halogens is 1. The lowest BCUT2D eigenvalue weighted by atomic mass is 10.3. The normalized spacial score (nSPS) is 11.0. The first kappa shape index (κ1) is 14.9. The van der Waals surface area contributed by atoms with Gasteiger partial charge >= 0.3 is 0 Å². The van der Waals surface area contributed by atoms with Gasteiger partial charge in [-0.1, -0.05) is 37.1 Å². The predicted molar refractivity (Wildman–Crippen MR) is 91.5 cm³/mol. The zero-order chi connectivity index (χ0) is 15.4. The number of aromatic nitrogens is 3. The minimum absolute atomic E-state index is 0.653. The monoisotopic (exact) mass is 314 g/mol. The minimum Gasteiger partial charge on any atom is -0.356 e. The van der Waals surface area contributed by atoms with Crippen LogP contribution in [0.25, 0.3) is 11.0 Å². The van der Waals surface area contributed by atoms with Crippen LogP contribution in [0.1, 0.15) is 25.5 Å². The van der Waals surface area contributed by atoms with Gasteiger partial charge in [-0.3, -0.25) is 4.98 Å². The second-order valence-electron chi connectivity index (χ2n) is 5.26. The largest absolute Gasteiger partial charge is 0.356 e. The Morgan fingerprint density at radius 1 is 1.18 bits per heavy atom. The third-order valence-electron chi connectivity index (χ3n) is 3.58. The molecule has 0 aliphatic rings. The summed E-state index contributed by atoms with van der Waals surface area (Å²) in [6.45, 7) is 3.78. The maximum absolute atomic E-state index is 5.91. The Balaban J connectivity index is 1.94. The number of nitrogens with one attached hydrogen (secondary N) is 1. The fraction of sp³-hybridized carbons (Fsp3) is 0.294. The smallest absolute Gasteiger partial charge is 0.204 e. The molecule has 5 heteroatoms. The zero-order valence-electron chi connectivity index (χ0n) is 12.6. The van der Waals surface area contributed by atoms with Gasteiger partial charge in [-0.25, -0.2) is 4.98 Å². The molecule has 0 aliphatic carbocycles.